The van der Waals surface area contributed by atoms with Crippen molar-refractivity contribution in [2.75, 3.05) is 13.2 Å². The van der Waals surface area contributed by atoms with Crippen LogP contribution in [0.5, 0.6) is 0 Å². The molecule has 3 nitrogen and oxygen atoms in total. The van der Waals surface area contributed by atoms with E-state index in [2.05, 4.69) is 5.32 Å². The smallest absolute Gasteiger partial charge is 0.163 e. The normalized spacial score (nSPS) is 31.1. The summed E-state index contributed by atoms with van der Waals surface area (Å²) in [5.74, 6) is -0.382. The second kappa shape index (κ2) is 6.17. The number of hydrogen-bond donors (Lipinski definition) is 1. The Balaban J connectivity index is 1.66. The minimum absolute atomic E-state index is 0.232. The average Bonchev–Trinajstić information content (AvgIpc) is 2.57. The zero-order valence-electron chi connectivity index (χ0n) is 11.3. The fourth-order valence-corrected chi connectivity index (χ4v) is 2.82. The highest BCUT2D eigenvalue weighted by molar-refractivity contribution is 4.76. The molecule has 2 fully saturated rings. The molecule has 0 aromatic carbocycles. The highest BCUT2D eigenvalue weighted by atomic mass is 16.7. The van der Waals surface area contributed by atoms with Crippen LogP contribution in [0.1, 0.15) is 58.8 Å². The first-order valence-corrected chi connectivity index (χ1v) is 7.21. The fourth-order valence-electron chi connectivity index (χ4n) is 2.82. The van der Waals surface area contributed by atoms with Crippen LogP contribution in [0, 0.1) is 0 Å². The van der Waals surface area contributed by atoms with Crippen molar-refractivity contribution in [1.29, 1.82) is 0 Å². The zero-order chi connectivity index (χ0) is 12.1. The van der Waals surface area contributed by atoms with Crippen molar-refractivity contribution in [1.82, 2.24) is 5.32 Å². The van der Waals surface area contributed by atoms with Gasteiger partial charge in [-0.2, -0.15) is 0 Å². The molecule has 0 aromatic rings. The lowest BCUT2D eigenvalue weighted by Crippen LogP contribution is -2.37. The Morgan fingerprint density at radius 3 is 2.29 bits per heavy atom. The number of hydrogen-bond acceptors (Lipinski definition) is 3. The largest absolute Gasteiger partial charge is 0.348 e. The van der Waals surface area contributed by atoms with E-state index in [-0.39, 0.29) is 11.9 Å². The predicted molar refractivity (Wildman–Crippen MR) is 69.0 cm³/mol. The highest BCUT2D eigenvalue weighted by Gasteiger charge is 2.32. The SMILES string of the molecule is CC1(C)OCC(CNC2CCCCCCC2)O1. The lowest BCUT2D eigenvalue weighted by atomic mass is 9.96. The molecule has 1 aliphatic heterocycles. The maximum atomic E-state index is 5.81. The number of ether oxygens (including phenoxy) is 2. The van der Waals surface area contributed by atoms with Gasteiger partial charge in [-0.25, -0.2) is 0 Å². The van der Waals surface area contributed by atoms with Crippen molar-refractivity contribution in [2.24, 2.45) is 0 Å². The van der Waals surface area contributed by atoms with E-state index in [1.165, 1.54) is 44.9 Å². The Kier molecular flexibility index (Phi) is 4.83. The molecular formula is C14H27NO2. The lowest BCUT2D eigenvalue weighted by Gasteiger charge is -2.23. The second-order valence-corrected chi connectivity index (χ2v) is 5.90. The van der Waals surface area contributed by atoms with Crippen LogP contribution in [0.2, 0.25) is 0 Å². The summed E-state index contributed by atoms with van der Waals surface area (Å²) in [5, 5.41) is 3.66. The Morgan fingerprint density at radius 2 is 1.71 bits per heavy atom. The summed E-state index contributed by atoms with van der Waals surface area (Å²) in [5.41, 5.74) is 0. The number of rotatable bonds is 3. The predicted octanol–water partition coefficient (Wildman–Crippen LogP) is 2.84. The third-order valence-electron chi connectivity index (χ3n) is 3.81. The molecule has 2 aliphatic rings. The molecule has 1 heterocycles. The Hall–Kier alpha value is -0.120. The average molecular weight is 241 g/mol. The molecule has 1 aliphatic carbocycles. The molecule has 1 saturated carbocycles. The van der Waals surface area contributed by atoms with Gasteiger partial charge in [-0.05, 0) is 26.7 Å². The first kappa shape index (κ1) is 13.3. The molecule has 0 aromatic heterocycles. The summed E-state index contributed by atoms with van der Waals surface area (Å²) in [6.45, 7) is 5.65. The van der Waals surface area contributed by atoms with Crippen molar-refractivity contribution in [2.45, 2.75) is 76.7 Å². The van der Waals surface area contributed by atoms with Gasteiger partial charge in [0.15, 0.2) is 5.79 Å². The van der Waals surface area contributed by atoms with E-state index >= 15 is 0 Å². The van der Waals surface area contributed by atoms with E-state index in [9.17, 15) is 0 Å². The maximum Gasteiger partial charge on any atom is 0.163 e. The Morgan fingerprint density at radius 1 is 1.06 bits per heavy atom. The first-order chi connectivity index (χ1) is 8.16. The van der Waals surface area contributed by atoms with E-state index in [1.54, 1.807) is 0 Å². The maximum absolute atomic E-state index is 5.81. The summed E-state index contributed by atoms with van der Waals surface area (Å²) in [7, 11) is 0. The van der Waals surface area contributed by atoms with E-state index in [4.69, 9.17) is 9.47 Å². The van der Waals surface area contributed by atoms with Crippen LogP contribution in [0.4, 0.5) is 0 Å². The van der Waals surface area contributed by atoms with Gasteiger partial charge in [0.25, 0.3) is 0 Å². The van der Waals surface area contributed by atoms with Crippen molar-refractivity contribution in [3.05, 3.63) is 0 Å². The van der Waals surface area contributed by atoms with Crippen LogP contribution in [-0.2, 0) is 9.47 Å². The van der Waals surface area contributed by atoms with Crippen molar-refractivity contribution in [3.8, 4) is 0 Å². The summed E-state index contributed by atoms with van der Waals surface area (Å²) < 4.78 is 11.4. The van der Waals surface area contributed by atoms with Gasteiger partial charge in [-0.1, -0.05) is 32.1 Å². The van der Waals surface area contributed by atoms with Crippen LogP contribution in [0.3, 0.4) is 0 Å². The van der Waals surface area contributed by atoms with Gasteiger partial charge in [-0.3, -0.25) is 0 Å². The number of nitrogens with one attached hydrogen (secondary N) is 1. The molecule has 2 rings (SSSR count). The Bertz CT molecular complexity index is 222. The topological polar surface area (TPSA) is 30.5 Å². The third-order valence-corrected chi connectivity index (χ3v) is 3.81. The summed E-state index contributed by atoms with van der Waals surface area (Å²) in [4.78, 5) is 0. The molecule has 1 unspecified atom stereocenters. The van der Waals surface area contributed by atoms with Gasteiger partial charge in [0.2, 0.25) is 0 Å². The van der Waals surface area contributed by atoms with E-state index in [1.807, 2.05) is 13.8 Å². The van der Waals surface area contributed by atoms with Crippen LogP contribution in [0.15, 0.2) is 0 Å². The molecular weight excluding hydrogens is 214 g/mol. The summed E-state index contributed by atoms with van der Waals surface area (Å²) >= 11 is 0. The zero-order valence-corrected chi connectivity index (χ0v) is 11.3. The third kappa shape index (κ3) is 4.57. The molecule has 1 atom stereocenters. The second-order valence-electron chi connectivity index (χ2n) is 5.90. The minimum atomic E-state index is -0.382. The summed E-state index contributed by atoms with van der Waals surface area (Å²) in [6, 6.07) is 0.697. The molecule has 0 bridgehead atoms. The van der Waals surface area contributed by atoms with Crippen LogP contribution < -0.4 is 5.32 Å². The molecule has 1 saturated heterocycles. The molecule has 100 valence electrons. The highest BCUT2D eigenvalue weighted by Crippen LogP contribution is 2.22. The van der Waals surface area contributed by atoms with Gasteiger partial charge >= 0.3 is 0 Å². The lowest BCUT2D eigenvalue weighted by molar-refractivity contribution is -0.137. The molecule has 0 radical (unpaired) electrons. The summed E-state index contributed by atoms with van der Waals surface area (Å²) in [6.07, 6.45) is 9.91. The molecule has 0 spiro atoms. The van der Waals surface area contributed by atoms with E-state index in [0.717, 1.165) is 13.2 Å². The fraction of sp³-hybridized carbons (Fsp3) is 1.00. The quantitative estimate of drug-likeness (QED) is 0.824. The van der Waals surface area contributed by atoms with Crippen LogP contribution >= 0.6 is 0 Å². The van der Waals surface area contributed by atoms with Crippen molar-refractivity contribution >= 4 is 0 Å². The van der Waals surface area contributed by atoms with Crippen molar-refractivity contribution in [3.63, 3.8) is 0 Å². The molecule has 1 N–H and O–H groups in total. The van der Waals surface area contributed by atoms with Gasteiger partial charge in [0.1, 0.15) is 0 Å². The molecule has 0 amide bonds. The van der Waals surface area contributed by atoms with Crippen LogP contribution in [-0.4, -0.2) is 31.1 Å². The van der Waals surface area contributed by atoms with Gasteiger partial charge in [-0.15, -0.1) is 0 Å². The monoisotopic (exact) mass is 241 g/mol. The molecule has 3 heteroatoms. The minimum Gasteiger partial charge on any atom is -0.348 e. The standard InChI is InChI=1S/C14H27NO2/c1-14(2)16-11-13(17-14)10-15-12-8-6-4-3-5-7-9-12/h12-13,15H,3-11H2,1-2H3. The van der Waals surface area contributed by atoms with Gasteiger partial charge in [0, 0.05) is 12.6 Å². The van der Waals surface area contributed by atoms with E-state index in [0.29, 0.717) is 6.04 Å². The molecule has 17 heavy (non-hydrogen) atoms. The van der Waals surface area contributed by atoms with E-state index < -0.39 is 0 Å². The van der Waals surface area contributed by atoms with Crippen LogP contribution in [0.25, 0.3) is 0 Å². The Labute approximate surface area is 105 Å². The van der Waals surface area contributed by atoms with Gasteiger partial charge < -0.3 is 14.8 Å². The van der Waals surface area contributed by atoms with Gasteiger partial charge in [0.05, 0.1) is 12.7 Å². The van der Waals surface area contributed by atoms with Crippen molar-refractivity contribution < 1.29 is 9.47 Å². The first-order valence-electron chi connectivity index (χ1n) is 7.21.